The number of nitriles is 1. The predicted octanol–water partition coefficient (Wildman–Crippen LogP) is 8.27. The average Bonchev–Trinajstić information content (AvgIpc) is 3.03. The van der Waals surface area contributed by atoms with E-state index in [1.165, 1.54) is 0 Å². The maximum Gasteiger partial charge on any atom is 0.196 e. The van der Waals surface area contributed by atoms with Gasteiger partial charge in [-0.3, -0.25) is 4.79 Å². The third-order valence-corrected chi connectivity index (χ3v) is 9.32. The molecule has 0 amide bonds. The molecule has 0 bridgehead atoms. The Balaban J connectivity index is 0.00000529. The molecular weight excluding hydrogens is 592 g/mol. The molecule has 0 aliphatic carbocycles. The normalized spacial score (nSPS) is 12.5. The van der Waals surface area contributed by atoms with Gasteiger partial charge in [0, 0.05) is 34.7 Å². The third kappa shape index (κ3) is 7.61. The van der Waals surface area contributed by atoms with Gasteiger partial charge in [0.25, 0.3) is 0 Å². The van der Waals surface area contributed by atoms with Gasteiger partial charge in [0.2, 0.25) is 0 Å². The predicted molar refractivity (Wildman–Crippen MR) is 184 cm³/mol. The van der Waals surface area contributed by atoms with Crippen LogP contribution >= 0.6 is 24.2 Å². The molecule has 0 aliphatic heterocycles. The van der Waals surface area contributed by atoms with Crippen molar-refractivity contribution in [2.45, 2.75) is 44.8 Å². The zero-order chi connectivity index (χ0) is 31.0. The number of halogens is 1. The number of hydrogen-bond acceptors (Lipinski definition) is 7. The molecule has 0 saturated carbocycles. The van der Waals surface area contributed by atoms with E-state index >= 15 is 0 Å². The van der Waals surface area contributed by atoms with E-state index in [1.54, 1.807) is 14.2 Å². The molecule has 0 N–H and O–H groups in total. The molecule has 1 atom stereocenters. The number of hydrogen-bond donors (Lipinski definition) is 0. The van der Waals surface area contributed by atoms with E-state index in [-0.39, 0.29) is 23.8 Å². The quantitative estimate of drug-likeness (QED) is 0.129. The summed E-state index contributed by atoms with van der Waals surface area (Å²) in [6, 6.07) is 24.1. The van der Waals surface area contributed by atoms with Crippen LogP contribution in [0.3, 0.4) is 0 Å². The zero-order valence-electron chi connectivity index (χ0n) is 26.5. The van der Waals surface area contributed by atoms with E-state index in [0.717, 1.165) is 54.1 Å². The number of ether oxygens (including phenoxy) is 2. The molecule has 3 aromatic carbocycles. The molecule has 1 heterocycles. The average molecular weight is 635 g/mol. The highest BCUT2D eigenvalue weighted by Crippen LogP contribution is 2.40. The number of methoxy groups -OCH3 is 2. The Morgan fingerprint density at radius 3 is 2.39 bits per heavy atom. The summed E-state index contributed by atoms with van der Waals surface area (Å²) in [4.78, 5) is 15.5. The molecule has 0 aliphatic rings. The van der Waals surface area contributed by atoms with Crippen molar-refractivity contribution in [2.24, 2.45) is 5.92 Å². The summed E-state index contributed by atoms with van der Waals surface area (Å²) in [5, 5.41) is 11.0. The van der Waals surface area contributed by atoms with Crippen molar-refractivity contribution < 1.29 is 13.9 Å². The first-order chi connectivity index (χ1) is 20.7. The molecule has 1 aromatic heterocycles. The Morgan fingerprint density at radius 2 is 1.73 bits per heavy atom. The number of para-hydroxylation sites is 1. The summed E-state index contributed by atoms with van der Waals surface area (Å²) < 4.78 is 17.3. The van der Waals surface area contributed by atoms with Crippen LogP contribution in [0.1, 0.15) is 43.4 Å². The second-order valence-corrected chi connectivity index (χ2v) is 12.4. The third-order valence-electron chi connectivity index (χ3n) is 8.33. The molecule has 0 saturated heterocycles. The van der Waals surface area contributed by atoms with Crippen LogP contribution in [0.2, 0.25) is 0 Å². The van der Waals surface area contributed by atoms with Crippen LogP contribution < -0.4 is 14.9 Å². The van der Waals surface area contributed by atoms with E-state index in [1.807, 2.05) is 85.4 Å². The Labute approximate surface area is 271 Å². The second-order valence-electron chi connectivity index (χ2n) is 11.3. The summed E-state index contributed by atoms with van der Waals surface area (Å²) in [6.45, 7) is 7.87. The molecule has 0 radical (unpaired) electrons. The molecule has 4 aromatic rings. The summed E-state index contributed by atoms with van der Waals surface area (Å²) in [6.07, 6.45) is 1.66. The highest BCUT2D eigenvalue weighted by molar-refractivity contribution is 7.98. The van der Waals surface area contributed by atoms with Crippen molar-refractivity contribution >= 4 is 35.1 Å². The van der Waals surface area contributed by atoms with Gasteiger partial charge in [-0.1, -0.05) is 62.4 Å². The Kier molecular flexibility index (Phi) is 12.8. The molecule has 1 unspecified atom stereocenters. The standard InChI is InChI=1S/C36H42N2O4S.ClH/c1-25(2)36(24-37,29-16-17-31(40-5)32(22-29)41-6)18-11-19-38(4)20-21-43-23-28-14-10-15-30-33(39)26(3)34(42-35(28)30)27-12-8-7-9-13-27;/h7-10,12-17,22,25H,11,18-21,23H2,1-6H3;1H. The SMILES string of the molecule is COc1ccc(C(C#N)(CCCN(C)CCSCc2cccc3c(=O)c(C)c(-c4ccccc4)oc23)C(C)C)cc1OC.Cl. The Hall–Kier alpha value is -3.44. The lowest BCUT2D eigenvalue weighted by molar-refractivity contribution is 0.300. The van der Waals surface area contributed by atoms with E-state index in [2.05, 4.69) is 31.9 Å². The minimum atomic E-state index is -0.607. The summed E-state index contributed by atoms with van der Waals surface area (Å²) in [7, 11) is 5.37. The van der Waals surface area contributed by atoms with Gasteiger partial charge in [-0.05, 0) is 63.0 Å². The number of thioether (sulfide) groups is 1. The minimum Gasteiger partial charge on any atom is -0.493 e. The number of nitrogens with zero attached hydrogens (tertiary/aromatic N) is 2. The van der Waals surface area contributed by atoms with Gasteiger partial charge >= 0.3 is 0 Å². The van der Waals surface area contributed by atoms with Gasteiger partial charge in [0.1, 0.15) is 11.3 Å². The Bertz CT molecular complexity index is 1630. The van der Waals surface area contributed by atoms with Gasteiger partial charge in [-0.15, -0.1) is 12.4 Å². The van der Waals surface area contributed by atoms with Crippen molar-refractivity contribution in [3.8, 4) is 28.9 Å². The molecule has 0 fully saturated rings. The molecule has 8 heteroatoms. The molecule has 44 heavy (non-hydrogen) atoms. The van der Waals surface area contributed by atoms with Crippen molar-refractivity contribution in [3.63, 3.8) is 0 Å². The van der Waals surface area contributed by atoms with Crippen molar-refractivity contribution in [2.75, 3.05) is 40.1 Å². The van der Waals surface area contributed by atoms with Gasteiger partial charge < -0.3 is 18.8 Å². The van der Waals surface area contributed by atoms with Gasteiger partial charge in [0.05, 0.1) is 31.1 Å². The van der Waals surface area contributed by atoms with Gasteiger partial charge in [-0.2, -0.15) is 17.0 Å². The maximum absolute atomic E-state index is 13.2. The van der Waals surface area contributed by atoms with E-state index in [0.29, 0.717) is 33.8 Å². The van der Waals surface area contributed by atoms with Crippen LogP contribution in [0.5, 0.6) is 11.5 Å². The maximum atomic E-state index is 13.2. The first kappa shape index (κ1) is 35.0. The van der Waals surface area contributed by atoms with Crippen LogP contribution in [-0.4, -0.2) is 45.0 Å². The molecule has 4 rings (SSSR count). The van der Waals surface area contributed by atoms with E-state index < -0.39 is 5.41 Å². The fourth-order valence-electron chi connectivity index (χ4n) is 5.62. The largest absolute Gasteiger partial charge is 0.493 e. The van der Waals surface area contributed by atoms with E-state index in [9.17, 15) is 10.1 Å². The monoisotopic (exact) mass is 634 g/mol. The first-order valence-electron chi connectivity index (χ1n) is 14.8. The lowest BCUT2D eigenvalue weighted by Crippen LogP contribution is -2.32. The highest BCUT2D eigenvalue weighted by atomic mass is 35.5. The fraction of sp³-hybridized carbons (Fsp3) is 0.389. The minimum absolute atomic E-state index is 0. The van der Waals surface area contributed by atoms with Gasteiger partial charge in [-0.25, -0.2) is 0 Å². The topological polar surface area (TPSA) is 75.7 Å². The molecule has 234 valence electrons. The van der Waals surface area contributed by atoms with Crippen LogP contribution in [0.4, 0.5) is 0 Å². The van der Waals surface area contributed by atoms with Crippen LogP contribution in [0.25, 0.3) is 22.3 Å². The lowest BCUT2D eigenvalue weighted by atomic mass is 9.69. The van der Waals surface area contributed by atoms with Crippen LogP contribution in [-0.2, 0) is 11.2 Å². The number of benzene rings is 3. The summed E-state index contributed by atoms with van der Waals surface area (Å²) in [5.74, 6) is 3.79. The van der Waals surface area contributed by atoms with Crippen LogP contribution in [0, 0.1) is 24.2 Å². The summed E-state index contributed by atoms with van der Waals surface area (Å²) in [5.41, 5.74) is 3.63. The second kappa shape index (κ2) is 16.0. The van der Waals surface area contributed by atoms with Crippen molar-refractivity contribution in [1.82, 2.24) is 4.90 Å². The zero-order valence-corrected chi connectivity index (χ0v) is 28.1. The number of rotatable bonds is 14. The molecular formula is C36H43ClN2O4S. The number of fused-ring (bicyclic) bond motifs is 1. The first-order valence-corrected chi connectivity index (χ1v) is 15.9. The Morgan fingerprint density at radius 1 is 1.00 bits per heavy atom. The van der Waals surface area contributed by atoms with E-state index in [4.69, 9.17) is 13.9 Å². The van der Waals surface area contributed by atoms with Crippen LogP contribution in [0.15, 0.2) is 75.9 Å². The molecule has 6 nitrogen and oxygen atoms in total. The smallest absolute Gasteiger partial charge is 0.196 e. The van der Waals surface area contributed by atoms with Gasteiger partial charge in [0.15, 0.2) is 16.9 Å². The van der Waals surface area contributed by atoms with Crippen molar-refractivity contribution in [1.29, 1.82) is 5.26 Å². The highest BCUT2D eigenvalue weighted by Gasteiger charge is 2.36. The van der Waals surface area contributed by atoms with Crippen molar-refractivity contribution in [3.05, 3.63) is 93.6 Å². The summed E-state index contributed by atoms with van der Waals surface area (Å²) >= 11 is 1.83. The fourth-order valence-corrected chi connectivity index (χ4v) is 6.65. The molecule has 0 spiro atoms. The lowest BCUT2D eigenvalue weighted by Gasteiger charge is -2.32.